The molecule has 0 amide bonds. The van der Waals surface area contributed by atoms with Crippen LogP contribution >= 0.6 is 11.5 Å². The van der Waals surface area contributed by atoms with Gasteiger partial charge in [0, 0.05) is 25.9 Å². The molecule has 2 heterocycles. The first-order valence-electron chi connectivity index (χ1n) is 7.15. The van der Waals surface area contributed by atoms with Crippen molar-refractivity contribution < 1.29 is 0 Å². The fourth-order valence-electron chi connectivity index (χ4n) is 2.20. The lowest BCUT2D eigenvalue weighted by atomic mass is 10.0. The van der Waals surface area contributed by atoms with Gasteiger partial charge in [-0.15, -0.1) is 5.10 Å². The molecule has 0 saturated carbocycles. The van der Waals surface area contributed by atoms with Gasteiger partial charge in [0.25, 0.3) is 0 Å². The maximum Gasteiger partial charge on any atom is 0.110 e. The van der Waals surface area contributed by atoms with Gasteiger partial charge in [-0.25, -0.2) is 4.98 Å². The highest BCUT2D eigenvalue weighted by molar-refractivity contribution is 7.05. The molecule has 0 aromatic carbocycles. The van der Waals surface area contributed by atoms with E-state index in [-0.39, 0.29) is 6.04 Å². The minimum Gasteiger partial charge on any atom is -0.338 e. The fraction of sp³-hybridized carbons (Fsp3) is 0.643. The van der Waals surface area contributed by atoms with Crippen LogP contribution in [0.2, 0.25) is 0 Å². The van der Waals surface area contributed by atoms with Crippen molar-refractivity contribution in [2.24, 2.45) is 7.05 Å². The molecule has 0 radical (unpaired) electrons. The Hall–Kier alpha value is -1.27. The van der Waals surface area contributed by atoms with Crippen LogP contribution in [0.5, 0.6) is 0 Å². The van der Waals surface area contributed by atoms with Gasteiger partial charge in [-0.1, -0.05) is 25.3 Å². The molecule has 0 saturated heterocycles. The molecule has 0 aliphatic carbocycles. The Kier molecular flexibility index (Phi) is 5.25. The molecule has 0 spiro atoms. The second kappa shape index (κ2) is 6.95. The van der Waals surface area contributed by atoms with Crippen LogP contribution in [0.15, 0.2) is 12.4 Å². The Labute approximate surface area is 124 Å². The third-order valence-electron chi connectivity index (χ3n) is 3.35. The molecule has 2 aromatic rings. The molecule has 0 fully saturated rings. The highest BCUT2D eigenvalue weighted by Gasteiger charge is 2.22. The number of nitrogens with zero attached hydrogens (tertiary/aromatic N) is 4. The van der Waals surface area contributed by atoms with Crippen molar-refractivity contribution in [2.75, 3.05) is 6.54 Å². The fourth-order valence-corrected chi connectivity index (χ4v) is 3.08. The summed E-state index contributed by atoms with van der Waals surface area (Å²) in [5.74, 6) is 1.48. The molecule has 2 rings (SSSR count). The SMILES string of the molecule is CCCNC(Cc1nccn1C)c1snnc1C(C)C. The van der Waals surface area contributed by atoms with E-state index in [4.69, 9.17) is 0 Å². The summed E-state index contributed by atoms with van der Waals surface area (Å²) < 4.78 is 6.22. The summed E-state index contributed by atoms with van der Waals surface area (Å²) in [6, 6.07) is 0.244. The molecule has 0 bridgehead atoms. The summed E-state index contributed by atoms with van der Waals surface area (Å²) in [5.41, 5.74) is 1.11. The molecule has 1 unspecified atom stereocenters. The normalized spacial score (nSPS) is 13.1. The van der Waals surface area contributed by atoms with Gasteiger partial charge >= 0.3 is 0 Å². The summed E-state index contributed by atoms with van der Waals surface area (Å²) in [6.07, 6.45) is 5.81. The van der Waals surface area contributed by atoms with E-state index >= 15 is 0 Å². The predicted molar refractivity (Wildman–Crippen MR) is 81.9 cm³/mol. The number of rotatable bonds is 7. The molecule has 6 heteroatoms. The van der Waals surface area contributed by atoms with Crippen molar-refractivity contribution in [3.63, 3.8) is 0 Å². The Bertz CT molecular complexity index is 531. The monoisotopic (exact) mass is 293 g/mol. The highest BCUT2D eigenvalue weighted by atomic mass is 32.1. The van der Waals surface area contributed by atoms with Gasteiger partial charge in [-0.3, -0.25) is 0 Å². The van der Waals surface area contributed by atoms with E-state index in [2.05, 4.69) is 45.2 Å². The number of aromatic nitrogens is 4. The topological polar surface area (TPSA) is 55.6 Å². The molecule has 2 aromatic heterocycles. The Morgan fingerprint density at radius 2 is 2.20 bits per heavy atom. The van der Waals surface area contributed by atoms with E-state index in [1.165, 1.54) is 16.4 Å². The lowest BCUT2D eigenvalue weighted by Crippen LogP contribution is -2.25. The minimum atomic E-state index is 0.244. The first-order chi connectivity index (χ1) is 9.63. The lowest BCUT2D eigenvalue weighted by molar-refractivity contribution is 0.512. The smallest absolute Gasteiger partial charge is 0.110 e. The quantitative estimate of drug-likeness (QED) is 0.852. The predicted octanol–water partition coefficient (Wildman–Crippen LogP) is 2.68. The van der Waals surface area contributed by atoms with Crippen LogP contribution in [0.1, 0.15) is 55.5 Å². The van der Waals surface area contributed by atoms with Gasteiger partial charge in [0.1, 0.15) is 5.82 Å². The average Bonchev–Trinajstić information content (AvgIpc) is 3.03. The standard InChI is InChI=1S/C14H23N5S/c1-5-6-15-11(9-12-16-7-8-19(12)4)14-13(10(2)3)17-18-20-14/h7-8,10-11,15H,5-6,9H2,1-4H3. The van der Waals surface area contributed by atoms with Crippen molar-refractivity contribution in [1.82, 2.24) is 24.5 Å². The second-order valence-electron chi connectivity index (χ2n) is 5.34. The molecule has 110 valence electrons. The maximum absolute atomic E-state index is 4.43. The average molecular weight is 293 g/mol. The Balaban J connectivity index is 2.22. The number of hydrogen-bond acceptors (Lipinski definition) is 5. The van der Waals surface area contributed by atoms with Crippen LogP contribution in [0.3, 0.4) is 0 Å². The summed E-state index contributed by atoms with van der Waals surface area (Å²) in [5, 5.41) is 7.91. The first-order valence-corrected chi connectivity index (χ1v) is 7.92. The van der Waals surface area contributed by atoms with E-state index in [0.29, 0.717) is 5.92 Å². The summed E-state index contributed by atoms with van der Waals surface area (Å²) in [6.45, 7) is 7.50. The van der Waals surface area contributed by atoms with Crippen molar-refractivity contribution >= 4 is 11.5 Å². The van der Waals surface area contributed by atoms with Gasteiger partial charge in [-0.05, 0) is 30.4 Å². The van der Waals surface area contributed by atoms with Crippen molar-refractivity contribution in [3.8, 4) is 0 Å². The molecular weight excluding hydrogens is 270 g/mol. The summed E-state index contributed by atoms with van der Waals surface area (Å²) in [4.78, 5) is 5.68. The Morgan fingerprint density at radius 1 is 1.40 bits per heavy atom. The van der Waals surface area contributed by atoms with Crippen molar-refractivity contribution in [2.45, 2.75) is 45.6 Å². The third kappa shape index (κ3) is 3.43. The van der Waals surface area contributed by atoms with Gasteiger partial charge in [-0.2, -0.15) is 0 Å². The molecule has 0 aliphatic rings. The van der Waals surface area contributed by atoms with Crippen LogP contribution in [0.4, 0.5) is 0 Å². The van der Waals surface area contributed by atoms with Crippen LogP contribution in [-0.4, -0.2) is 25.7 Å². The lowest BCUT2D eigenvalue weighted by Gasteiger charge is -2.18. The first kappa shape index (κ1) is 15.1. The second-order valence-corrected chi connectivity index (χ2v) is 6.13. The largest absolute Gasteiger partial charge is 0.338 e. The van der Waals surface area contributed by atoms with Gasteiger partial charge in [0.2, 0.25) is 0 Å². The zero-order valence-corrected chi connectivity index (χ0v) is 13.4. The van der Waals surface area contributed by atoms with Crippen LogP contribution in [0.25, 0.3) is 0 Å². The maximum atomic E-state index is 4.43. The van der Waals surface area contributed by atoms with Crippen LogP contribution in [0, 0.1) is 0 Å². The Morgan fingerprint density at radius 3 is 2.80 bits per heavy atom. The molecule has 20 heavy (non-hydrogen) atoms. The minimum absolute atomic E-state index is 0.244. The number of imidazole rings is 1. The third-order valence-corrected chi connectivity index (χ3v) is 4.21. The molecule has 0 aliphatic heterocycles. The van der Waals surface area contributed by atoms with E-state index < -0.39 is 0 Å². The zero-order chi connectivity index (χ0) is 14.5. The van der Waals surface area contributed by atoms with Crippen LogP contribution < -0.4 is 5.32 Å². The zero-order valence-electron chi connectivity index (χ0n) is 12.6. The van der Waals surface area contributed by atoms with E-state index in [9.17, 15) is 0 Å². The van der Waals surface area contributed by atoms with E-state index in [0.717, 1.165) is 30.9 Å². The van der Waals surface area contributed by atoms with Crippen molar-refractivity contribution in [3.05, 3.63) is 28.8 Å². The van der Waals surface area contributed by atoms with Gasteiger partial charge in [0.05, 0.1) is 16.6 Å². The van der Waals surface area contributed by atoms with Crippen molar-refractivity contribution in [1.29, 1.82) is 0 Å². The van der Waals surface area contributed by atoms with E-state index in [1.807, 2.05) is 19.4 Å². The van der Waals surface area contributed by atoms with Gasteiger partial charge in [0.15, 0.2) is 0 Å². The number of nitrogens with one attached hydrogen (secondary N) is 1. The summed E-state index contributed by atoms with van der Waals surface area (Å²) in [7, 11) is 2.04. The highest BCUT2D eigenvalue weighted by Crippen LogP contribution is 2.28. The molecule has 1 atom stereocenters. The van der Waals surface area contributed by atoms with Crippen LogP contribution in [-0.2, 0) is 13.5 Å². The van der Waals surface area contributed by atoms with E-state index in [1.54, 1.807) is 0 Å². The van der Waals surface area contributed by atoms with Gasteiger partial charge < -0.3 is 9.88 Å². The number of hydrogen-bond donors (Lipinski definition) is 1. The molecule has 1 N–H and O–H groups in total. The molecular formula is C14H23N5S. The molecule has 5 nitrogen and oxygen atoms in total. The summed E-state index contributed by atoms with van der Waals surface area (Å²) >= 11 is 1.50. The number of aryl methyl sites for hydroxylation is 1.